The molecule has 2 N–H and O–H groups in total. The Morgan fingerprint density at radius 2 is 2.09 bits per heavy atom. The van der Waals surface area contributed by atoms with Crippen LogP contribution in [0.4, 0.5) is 0 Å². The molecule has 0 atom stereocenters. The van der Waals surface area contributed by atoms with Crippen LogP contribution in [0, 0.1) is 0 Å². The first-order valence-electron chi connectivity index (χ1n) is 6.71. The zero-order valence-electron chi connectivity index (χ0n) is 11.6. The third-order valence-electron chi connectivity index (χ3n) is 3.51. The number of amides is 1. The van der Waals surface area contributed by atoms with Crippen molar-refractivity contribution in [2.24, 2.45) is 0 Å². The summed E-state index contributed by atoms with van der Waals surface area (Å²) >= 11 is 4.86. The molecule has 0 saturated carbocycles. The van der Waals surface area contributed by atoms with Crippen molar-refractivity contribution in [3.05, 3.63) is 46.8 Å². The van der Waals surface area contributed by atoms with Crippen molar-refractivity contribution < 1.29 is 18.8 Å². The molecular formula is C15H9N3O4S. The van der Waals surface area contributed by atoms with Crippen LogP contribution in [-0.4, -0.2) is 22.1 Å². The summed E-state index contributed by atoms with van der Waals surface area (Å²) in [5, 5.41) is 9.43. The number of nitrogens with one attached hydrogen (secondary N) is 2. The number of rotatable bonds is 2. The van der Waals surface area contributed by atoms with E-state index in [0.717, 1.165) is 11.1 Å². The van der Waals surface area contributed by atoms with E-state index in [1.807, 2.05) is 6.07 Å². The number of thiocarbonyl (C=S) groups is 1. The van der Waals surface area contributed by atoms with E-state index in [4.69, 9.17) is 21.5 Å². The van der Waals surface area contributed by atoms with Gasteiger partial charge in [0.1, 0.15) is 18.0 Å². The Bertz CT molecular complexity index is 900. The largest absolute Gasteiger partial charge is 0.457 e. The van der Waals surface area contributed by atoms with Crippen molar-refractivity contribution in [3.8, 4) is 11.3 Å². The Labute approximate surface area is 135 Å². The molecule has 0 spiro atoms. The lowest BCUT2D eigenvalue weighted by atomic mass is 10.0. The van der Waals surface area contributed by atoms with E-state index in [-0.39, 0.29) is 23.6 Å². The highest BCUT2D eigenvalue weighted by Crippen LogP contribution is 2.27. The van der Waals surface area contributed by atoms with Gasteiger partial charge in [-0.05, 0) is 24.4 Å². The predicted octanol–water partition coefficient (Wildman–Crippen LogP) is 1.36. The molecule has 0 unspecified atom stereocenters. The number of nitrogens with zero attached hydrogens (tertiary/aromatic N) is 1. The summed E-state index contributed by atoms with van der Waals surface area (Å²) in [6, 6.07) is 7.01. The lowest BCUT2D eigenvalue weighted by molar-refractivity contribution is -0.115. The van der Waals surface area contributed by atoms with Crippen LogP contribution in [0.1, 0.15) is 21.7 Å². The molecule has 7 nitrogen and oxygen atoms in total. The molecule has 1 amide bonds. The molecule has 1 aromatic carbocycles. The fourth-order valence-corrected chi connectivity index (χ4v) is 2.61. The van der Waals surface area contributed by atoms with Crippen LogP contribution in [0.2, 0.25) is 0 Å². The number of carbonyl (C=O) groups is 2. The van der Waals surface area contributed by atoms with Gasteiger partial charge in [-0.25, -0.2) is 4.79 Å². The summed E-state index contributed by atoms with van der Waals surface area (Å²) in [6.45, 7) is 0.262. The highest BCUT2D eigenvalue weighted by atomic mass is 32.1. The van der Waals surface area contributed by atoms with Crippen LogP contribution >= 0.6 is 12.2 Å². The first kappa shape index (κ1) is 13.6. The maximum absolute atomic E-state index is 11.6. The van der Waals surface area contributed by atoms with Gasteiger partial charge >= 0.3 is 5.97 Å². The van der Waals surface area contributed by atoms with Crippen molar-refractivity contribution in [2.45, 2.75) is 6.61 Å². The Kier molecular flexibility index (Phi) is 2.98. The second-order valence-corrected chi connectivity index (χ2v) is 5.44. The van der Waals surface area contributed by atoms with Crippen LogP contribution < -0.4 is 10.6 Å². The van der Waals surface area contributed by atoms with Gasteiger partial charge in [0.25, 0.3) is 5.91 Å². The van der Waals surface area contributed by atoms with E-state index in [1.54, 1.807) is 18.2 Å². The molecule has 2 aliphatic rings. The van der Waals surface area contributed by atoms with E-state index in [9.17, 15) is 9.59 Å². The first-order valence-corrected chi connectivity index (χ1v) is 7.12. The van der Waals surface area contributed by atoms with Gasteiger partial charge in [0, 0.05) is 23.3 Å². The van der Waals surface area contributed by atoms with E-state index < -0.39 is 0 Å². The monoisotopic (exact) mass is 327 g/mol. The van der Waals surface area contributed by atoms with Crippen molar-refractivity contribution >= 4 is 35.3 Å². The van der Waals surface area contributed by atoms with Gasteiger partial charge in [-0.3, -0.25) is 10.1 Å². The van der Waals surface area contributed by atoms with Crippen LogP contribution in [-0.2, 0) is 16.1 Å². The van der Waals surface area contributed by atoms with Crippen LogP contribution in [0.3, 0.4) is 0 Å². The SMILES string of the molecule is O=C1NC(=S)NC1=Cc1cc(-c2ccc3c(c2)COC3=O)no1. The molecule has 1 aromatic heterocycles. The summed E-state index contributed by atoms with van der Waals surface area (Å²) in [5.74, 6) is -0.220. The molecule has 2 aromatic rings. The van der Waals surface area contributed by atoms with Crippen LogP contribution in [0.25, 0.3) is 17.3 Å². The normalized spacial score (nSPS) is 17.9. The maximum Gasteiger partial charge on any atom is 0.338 e. The molecule has 0 aliphatic carbocycles. The molecule has 4 rings (SSSR count). The number of carbonyl (C=O) groups excluding carboxylic acids is 2. The molecule has 114 valence electrons. The third-order valence-corrected chi connectivity index (χ3v) is 3.72. The maximum atomic E-state index is 11.6. The second kappa shape index (κ2) is 5.03. The molecule has 0 radical (unpaired) electrons. The number of cyclic esters (lactones) is 1. The Morgan fingerprint density at radius 3 is 2.87 bits per heavy atom. The van der Waals surface area contributed by atoms with Gasteiger partial charge in [0.15, 0.2) is 10.9 Å². The van der Waals surface area contributed by atoms with E-state index >= 15 is 0 Å². The zero-order chi connectivity index (χ0) is 16.0. The number of aromatic nitrogens is 1. The number of benzene rings is 1. The van der Waals surface area contributed by atoms with Crippen LogP contribution in [0.5, 0.6) is 0 Å². The summed E-state index contributed by atoms with van der Waals surface area (Å²) < 4.78 is 10.2. The smallest absolute Gasteiger partial charge is 0.338 e. The predicted molar refractivity (Wildman–Crippen MR) is 82.9 cm³/mol. The molecule has 3 heterocycles. The summed E-state index contributed by atoms with van der Waals surface area (Å²) in [6.07, 6.45) is 1.52. The van der Waals surface area contributed by atoms with E-state index in [0.29, 0.717) is 22.7 Å². The number of esters is 1. The lowest BCUT2D eigenvalue weighted by Gasteiger charge is -1.97. The molecular weight excluding hydrogens is 318 g/mol. The summed E-state index contributed by atoms with van der Waals surface area (Å²) in [7, 11) is 0. The molecule has 23 heavy (non-hydrogen) atoms. The molecule has 0 bridgehead atoms. The minimum atomic E-state index is -0.318. The van der Waals surface area contributed by atoms with Crippen molar-refractivity contribution in [2.75, 3.05) is 0 Å². The highest BCUT2D eigenvalue weighted by molar-refractivity contribution is 7.80. The van der Waals surface area contributed by atoms with E-state index in [1.165, 1.54) is 6.08 Å². The van der Waals surface area contributed by atoms with Gasteiger partial charge in [-0.1, -0.05) is 11.2 Å². The summed E-state index contributed by atoms with van der Waals surface area (Å²) in [4.78, 5) is 23.0. The second-order valence-electron chi connectivity index (χ2n) is 5.03. The first-order chi connectivity index (χ1) is 11.1. The Morgan fingerprint density at radius 1 is 1.22 bits per heavy atom. The average Bonchev–Trinajstić information content (AvgIpc) is 3.21. The molecule has 1 fully saturated rings. The van der Waals surface area contributed by atoms with E-state index in [2.05, 4.69) is 15.8 Å². The van der Waals surface area contributed by atoms with Crippen molar-refractivity contribution in [1.82, 2.24) is 15.8 Å². The number of hydrogen-bond donors (Lipinski definition) is 2. The van der Waals surface area contributed by atoms with Crippen molar-refractivity contribution in [1.29, 1.82) is 0 Å². The molecule has 2 aliphatic heterocycles. The van der Waals surface area contributed by atoms with Gasteiger partial charge in [-0.2, -0.15) is 0 Å². The zero-order valence-corrected chi connectivity index (χ0v) is 12.4. The number of hydrogen-bond acceptors (Lipinski definition) is 6. The molecule has 8 heteroatoms. The Hall–Kier alpha value is -3.00. The van der Waals surface area contributed by atoms with Gasteiger partial charge < -0.3 is 14.6 Å². The minimum Gasteiger partial charge on any atom is -0.457 e. The number of ether oxygens (including phenoxy) is 1. The quantitative estimate of drug-likeness (QED) is 0.488. The Balaban J connectivity index is 1.64. The fraction of sp³-hybridized carbons (Fsp3) is 0.0667. The standard InChI is InChI=1S/C15H9N3O4S/c19-13-12(16-15(23)17-13)5-9-4-11(18-22-9)7-1-2-10-8(3-7)6-21-14(10)20/h1-5H,6H2,(H2,16,17,19,23). The average molecular weight is 327 g/mol. The van der Waals surface area contributed by atoms with Crippen molar-refractivity contribution in [3.63, 3.8) is 0 Å². The van der Waals surface area contributed by atoms with Gasteiger partial charge in [0.05, 0.1) is 5.56 Å². The summed E-state index contributed by atoms with van der Waals surface area (Å²) in [5.41, 5.74) is 3.08. The molecule has 1 saturated heterocycles. The van der Waals surface area contributed by atoms with Gasteiger partial charge in [0.2, 0.25) is 0 Å². The van der Waals surface area contributed by atoms with Gasteiger partial charge in [-0.15, -0.1) is 0 Å². The third kappa shape index (κ3) is 2.38. The number of fused-ring (bicyclic) bond motifs is 1. The topological polar surface area (TPSA) is 93.5 Å². The highest BCUT2D eigenvalue weighted by Gasteiger charge is 2.23. The lowest BCUT2D eigenvalue weighted by Crippen LogP contribution is -2.21. The van der Waals surface area contributed by atoms with Crippen LogP contribution in [0.15, 0.2) is 34.5 Å². The fourth-order valence-electron chi connectivity index (χ4n) is 2.41. The minimum absolute atomic E-state index is 0.254.